The van der Waals surface area contributed by atoms with Crippen molar-refractivity contribution in [1.29, 1.82) is 0 Å². The predicted molar refractivity (Wildman–Crippen MR) is 87.2 cm³/mol. The number of nitrogens with zero attached hydrogens (tertiary/aromatic N) is 3. The van der Waals surface area contributed by atoms with Crippen molar-refractivity contribution >= 4 is 0 Å². The van der Waals surface area contributed by atoms with Crippen molar-refractivity contribution < 1.29 is 4.74 Å². The minimum atomic E-state index is 0.0488. The summed E-state index contributed by atoms with van der Waals surface area (Å²) in [6.45, 7) is 11.2. The molecule has 0 atom stereocenters. The van der Waals surface area contributed by atoms with Gasteiger partial charge < -0.3 is 4.74 Å². The molecular formula is C18H24N3O. The number of benzene rings is 1. The van der Waals surface area contributed by atoms with Crippen molar-refractivity contribution in [3.63, 3.8) is 0 Å². The maximum absolute atomic E-state index is 5.40. The molecule has 0 saturated carbocycles. The Balaban J connectivity index is 1.77. The van der Waals surface area contributed by atoms with Gasteiger partial charge in [0.05, 0.1) is 30.8 Å². The molecule has 0 spiro atoms. The Morgan fingerprint density at radius 1 is 1.23 bits per heavy atom. The Morgan fingerprint density at radius 3 is 2.68 bits per heavy atom. The van der Waals surface area contributed by atoms with E-state index in [0.29, 0.717) is 0 Å². The van der Waals surface area contributed by atoms with E-state index in [9.17, 15) is 0 Å². The number of morpholine rings is 1. The van der Waals surface area contributed by atoms with Crippen molar-refractivity contribution in [3.8, 4) is 5.69 Å². The van der Waals surface area contributed by atoms with E-state index in [1.54, 1.807) is 0 Å². The fourth-order valence-electron chi connectivity index (χ4n) is 2.59. The molecule has 0 amide bonds. The van der Waals surface area contributed by atoms with Gasteiger partial charge in [0.25, 0.3) is 0 Å². The smallest absolute Gasteiger partial charge is 0.0929 e. The SMILES string of the molecule is CC(C)(C)c1c[c]n(-c2cccc(CN3CCOCC3)c2)n1. The Hall–Kier alpha value is -1.65. The molecule has 1 aliphatic heterocycles. The third-order valence-corrected chi connectivity index (χ3v) is 3.96. The summed E-state index contributed by atoms with van der Waals surface area (Å²) in [5, 5.41) is 4.67. The van der Waals surface area contributed by atoms with E-state index in [-0.39, 0.29) is 5.41 Å². The molecule has 4 nitrogen and oxygen atoms in total. The summed E-state index contributed by atoms with van der Waals surface area (Å²) in [5.74, 6) is 0. The summed E-state index contributed by atoms with van der Waals surface area (Å²) in [7, 11) is 0. The molecule has 0 aliphatic carbocycles. The van der Waals surface area contributed by atoms with Gasteiger partial charge in [0.2, 0.25) is 0 Å². The van der Waals surface area contributed by atoms with Crippen LogP contribution in [0.1, 0.15) is 32.0 Å². The summed E-state index contributed by atoms with van der Waals surface area (Å²) in [6.07, 6.45) is 3.23. The average Bonchev–Trinajstić information content (AvgIpc) is 2.99. The van der Waals surface area contributed by atoms with Gasteiger partial charge in [-0.05, 0) is 23.8 Å². The van der Waals surface area contributed by atoms with Gasteiger partial charge >= 0.3 is 0 Å². The lowest BCUT2D eigenvalue weighted by atomic mass is 9.93. The molecule has 2 aromatic rings. The van der Waals surface area contributed by atoms with E-state index >= 15 is 0 Å². The van der Waals surface area contributed by atoms with Crippen LogP contribution in [0.2, 0.25) is 0 Å². The van der Waals surface area contributed by atoms with E-state index in [1.165, 1.54) is 5.56 Å². The number of aromatic nitrogens is 2. The summed E-state index contributed by atoms with van der Waals surface area (Å²) < 4.78 is 7.25. The fraction of sp³-hybridized carbons (Fsp3) is 0.500. The van der Waals surface area contributed by atoms with Gasteiger partial charge in [-0.3, -0.25) is 4.90 Å². The quantitative estimate of drug-likeness (QED) is 0.873. The van der Waals surface area contributed by atoms with Crippen LogP contribution in [-0.4, -0.2) is 41.0 Å². The lowest BCUT2D eigenvalue weighted by molar-refractivity contribution is 0.0342. The Morgan fingerprint density at radius 2 is 2.00 bits per heavy atom. The first-order chi connectivity index (χ1) is 10.5. The number of hydrogen-bond acceptors (Lipinski definition) is 3. The molecule has 1 aliphatic rings. The van der Waals surface area contributed by atoms with Gasteiger partial charge in [0.1, 0.15) is 0 Å². The largest absolute Gasteiger partial charge is 0.379 e. The van der Waals surface area contributed by atoms with Gasteiger partial charge in [0, 0.05) is 25.0 Å². The number of hydrogen-bond donors (Lipinski definition) is 0. The Kier molecular flexibility index (Phi) is 4.32. The van der Waals surface area contributed by atoms with E-state index in [1.807, 2.05) is 10.7 Å². The van der Waals surface area contributed by atoms with Crippen LogP contribution in [0.3, 0.4) is 0 Å². The zero-order valence-electron chi connectivity index (χ0n) is 13.7. The molecule has 0 N–H and O–H groups in total. The molecule has 4 heteroatoms. The maximum atomic E-state index is 5.40. The van der Waals surface area contributed by atoms with E-state index < -0.39 is 0 Å². The van der Waals surface area contributed by atoms with Crippen molar-refractivity contribution in [2.75, 3.05) is 26.3 Å². The van der Waals surface area contributed by atoms with Crippen LogP contribution in [0.4, 0.5) is 0 Å². The highest BCUT2D eigenvalue weighted by atomic mass is 16.5. The summed E-state index contributed by atoms with van der Waals surface area (Å²) in [5.41, 5.74) is 3.49. The van der Waals surface area contributed by atoms with Crippen LogP contribution in [0.5, 0.6) is 0 Å². The van der Waals surface area contributed by atoms with Crippen LogP contribution in [-0.2, 0) is 16.7 Å². The Labute approximate surface area is 132 Å². The first-order valence-electron chi connectivity index (χ1n) is 7.90. The lowest BCUT2D eigenvalue weighted by Crippen LogP contribution is -2.35. The molecule has 0 bridgehead atoms. The third-order valence-electron chi connectivity index (χ3n) is 3.96. The zero-order chi connectivity index (χ0) is 15.6. The second-order valence-corrected chi connectivity index (χ2v) is 6.88. The van der Waals surface area contributed by atoms with E-state index in [4.69, 9.17) is 4.74 Å². The number of rotatable bonds is 3. The highest BCUT2D eigenvalue weighted by Crippen LogP contribution is 2.21. The van der Waals surface area contributed by atoms with Gasteiger partial charge in [-0.25, -0.2) is 4.68 Å². The van der Waals surface area contributed by atoms with Crippen molar-refractivity contribution in [3.05, 3.63) is 47.8 Å². The molecular weight excluding hydrogens is 274 g/mol. The molecule has 22 heavy (non-hydrogen) atoms. The van der Waals surface area contributed by atoms with Gasteiger partial charge in [0.15, 0.2) is 0 Å². The minimum Gasteiger partial charge on any atom is -0.379 e. The molecule has 1 aromatic carbocycles. The molecule has 1 aromatic heterocycles. The molecule has 1 radical (unpaired) electrons. The summed E-state index contributed by atoms with van der Waals surface area (Å²) >= 11 is 0. The van der Waals surface area contributed by atoms with Gasteiger partial charge in [-0.15, -0.1) is 0 Å². The van der Waals surface area contributed by atoms with Gasteiger partial charge in [-0.2, -0.15) is 5.10 Å². The molecule has 3 rings (SSSR count). The second kappa shape index (κ2) is 6.23. The zero-order valence-corrected chi connectivity index (χ0v) is 13.7. The van der Waals surface area contributed by atoms with Crippen LogP contribution < -0.4 is 0 Å². The first-order valence-corrected chi connectivity index (χ1v) is 7.90. The Bertz CT molecular complexity index is 621. The highest BCUT2D eigenvalue weighted by Gasteiger charge is 2.17. The van der Waals surface area contributed by atoms with Crippen molar-refractivity contribution in [1.82, 2.24) is 14.7 Å². The monoisotopic (exact) mass is 298 g/mol. The molecule has 1 saturated heterocycles. The fourth-order valence-corrected chi connectivity index (χ4v) is 2.59. The standard InChI is InChI=1S/C18H24N3O/c1-18(2,3)17-7-8-21(19-17)16-6-4-5-15(13-16)14-20-9-11-22-12-10-20/h4-7,13H,9-12,14H2,1-3H3. The predicted octanol–water partition coefficient (Wildman–Crippen LogP) is 2.80. The van der Waals surface area contributed by atoms with Crippen molar-refractivity contribution in [2.24, 2.45) is 0 Å². The van der Waals surface area contributed by atoms with Gasteiger partial charge in [-0.1, -0.05) is 32.9 Å². The van der Waals surface area contributed by atoms with E-state index in [2.05, 4.69) is 61.2 Å². The summed E-state index contributed by atoms with van der Waals surface area (Å²) in [6, 6.07) is 10.5. The van der Waals surface area contributed by atoms with Crippen molar-refractivity contribution in [2.45, 2.75) is 32.7 Å². The van der Waals surface area contributed by atoms with Crippen LogP contribution >= 0.6 is 0 Å². The first kappa shape index (κ1) is 15.3. The highest BCUT2D eigenvalue weighted by molar-refractivity contribution is 5.35. The lowest BCUT2D eigenvalue weighted by Gasteiger charge is -2.26. The third kappa shape index (κ3) is 3.57. The second-order valence-electron chi connectivity index (χ2n) is 6.88. The normalized spacial score (nSPS) is 16.9. The van der Waals surface area contributed by atoms with Crippen LogP contribution in [0.15, 0.2) is 30.3 Å². The average molecular weight is 298 g/mol. The van der Waals surface area contributed by atoms with Crippen LogP contribution in [0.25, 0.3) is 5.69 Å². The summed E-state index contributed by atoms with van der Waals surface area (Å²) in [4.78, 5) is 2.43. The molecule has 117 valence electrons. The van der Waals surface area contributed by atoms with Crippen LogP contribution in [0, 0.1) is 6.20 Å². The maximum Gasteiger partial charge on any atom is 0.0929 e. The van der Waals surface area contributed by atoms with E-state index in [0.717, 1.165) is 44.2 Å². The molecule has 2 heterocycles. The number of ether oxygens (including phenoxy) is 1. The molecule has 0 unspecified atom stereocenters. The topological polar surface area (TPSA) is 30.3 Å². The molecule has 1 fully saturated rings. The minimum absolute atomic E-state index is 0.0488.